The molecule has 1 atom stereocenters. The number of carbonyl (C=O) groups excluding carboxylic acids is 1. The average molecular weight is 316 g/mol. The highest BCUT2D eigenvalue weighted by Crippen LogP contribution is 2.15. The van der Waals surface area contributed by atoms with Gasteiger partial charge in [0, 0.05) is 37.8 Å². The molecule has 1 saturated heterocycles. The lowest BCUT2D eigenvalue weighted by Gasteiger charge is -2.34. The molecule has 7 nitrogen and oxygen atoms in total. The Morgan fingerprint density at radius 2 is 2.13 bits per heavy atom. The van der Waals surface area contributed by atoms with Crippen LogP contribution < -0.4 is 16.4 Å². The van der Waals surface area contributed by atoms with E-state index in [9.17, 15) is 14.4 Å². The van der Waals surface area contributed by atoms with Crippen molar-refractivity contribution in [3.8, 4) is 0 Å². The molecule has 0 saturated carbocycles. The van der Waals surface area contributed by atoms with Gasteiger partial charge < -0.3 is 19.8 Å². The highest BCUT2D eigenvalue weighted by molar-refractivity contribution is 5.97. The van der Waals surface area contributed by atoms with Gasteiger partial charge in [-0.3, -0.25) is 14.4 Å². The summed E-state index contributed by atoms with van der Waals surface area (Å²) in [6, 6.07) is 5.20. The number of carbonyl (C=O) groups is 1. The molecule has 0 radical (unpaired) electrons. The zero-order valence-electron chi connectivity index (χ0n) is 13.3. The Morgan fingerprint density at radius 3 is 2.83 bits per heavy atom. The molecule has 2 N–H and O–H groups in total. The Balaban J connectivity index is 2.06. The lowest BCUT2D eigenvalue weighted by molar-refractivity contribution is 0.0656. The third-order valence-corrected chi connectivity index (χ3v) is 4.30. The molecular weight excluding hydrogens is 296 g/mol. The summed E-state index contributed by atoms with van der Waals surface area (Å²) >= 11 is 0. The maximum absolute atomic E-state index is 12.7. The topological polar surface area (TPSA) is 87.2 Å². The first-order valence-electron chi connectivity index (χ1n) is 7.81. The third-order valence-electron chi connectivity index (χ3n) is 4.30. The molecule has 1 aliphatic rings. The number of fused-ring (bicyclic) bond motifs is 1. The first kappa shape index (κ1) is 15.5. The van der Waals surface area contributed by atoms with Gasteiger partial charge in [-0.15, -0.1) is 0 Å². The minimum absolute atomic E-state index is 0.0593. The highest BCUT2D eigenvalue weighted by Gasteiger charge is 2.24. The number of aryl methyl sites for hydroxylation is 1. The van der Waals surface area contributed by atoms with Crippen LogP contribution in [0, 0.1) is 0 Å². The summed E-state index contributed by atoms with van der Waals surface area (Å²) in [6.45, 7) is 6.41. The number of nitrogens with one attached hydrogen (secondary N) is 2. The number of rotatable bonds is 2. The molecule has 0 unspecified atom stereocenters. The molecule has 23 heavy (non-hydrogen) atoms. The molecule has 122 valence electrons. The Bertz CT molecular complexity index is 868. The Kier molecular flexibility index (Phi) is 4.04. The first-order chi connectivity index (χ1) is 11.0. The second kappa shape index (κ2) is 6.00. The third kappa shape index (κ3) is 2.68. The maximum Gasteiger partial charge on any atom is 0.316 e. The summed E-state index contributed by atoms with van der Waals surface area (Å²) < 4.78 is 1.41. The molecule has 2 heterocycles. The maximum atomic E-state index is 12.7. The summed E-state index contributed by atoms with van der Waals surface area (Å²) in [6.07, 6.45) is 0. The summed E-state index contributed by atoms with van der Waals surface area (Å²) in [5.41, 5.74) is 0.407. The van der Waals surface area contributed by atoms with Crippen LogP contribution in [0.3, 0.4) is 0 Å². The minimum Gasteiger partial charge on any atom is -0.333 e. The van der Waals surface area contributed by atoms with Gasteiger partial charge in [-0.25, -0.2) is 0 Å². The Hall–Kier alpha value is -2.41. The van der Waals surface area contributed by atoms with Gasteiger partial charge in [0.25, 0.3) is 5.91 Å². The molecule has 1 aromatic heterocycles. The number of piperazine rings is 1. The predicted molar refractivity (Wildman–Crippen MR) is 87.9 cm³/mol. The molecule has 0 aliphatic carbocycles. The molecule has 1 aromatic carbocycles. The van der Waals surface area contributed by atoms with Crippen LogP contribution >= 0.6 is 0 Å². The van der Waals surface area contributed by atoms with Crippen molar-refractivity contribution in [2.75, 3.05) is 19.6 Å². The van der Waals surface area contributed by atoms with Gasteiger partial charge in [0.05, 0.1) is 11.0 Å². The van der Waals surface area contributed by atoms with E-state index >= 15 is 0 Å². The zero-order chi connectivity index (χ0) is 16.6. The van der Waals surface area contributed by atoms with Crippen molar-refractivity contribution in [3.63, 3.8) is 0 Å². The summed E-state index contributed by atoms with van der Waals surface area (Å²) in [7, 11) is 0. The average Bonchev–Trinajstić information content (AvgIpc) is 2.55. The van der Waals surface area contributed by atoms with Crippen LogP contribution in [0.1, 0.15) is 24.2 Å². The van der Waals surface area contributed by atoms with Crippen molar-refractivity contribution in [1.82, 2.24) is 19.8 Å². The summed E-state index contributed by atoms with van der Waals surface area (Å²) in [5.74, 6) is -0.0593. The summed E-state index contributed by atoms with van der Waals surface area (Å²) in [5, 5.41) is 3.25. The van der Waals surface area contributed by atoms with Gasteiger partial charge in [0.1, 0.15) is 0 Å². The van der Waals surface area contributed by atoms with Crippen molar-refractivity contribution < 1.29 is 4.79 Å². The van der Waals surface area contributed by atoms with Gasteiger partial charge in [0.15, 0.2) is 0 Å². The number of H-pyrrole nitrogens is 1. The second-order valence-corrected chi connectivity index (χ2v) is 5.79. The van der Waals surface area contributed by atoms with Crippen LogP contribution in [0.2, 0.25) is 0 Å². The van der Waals surface area contributed by atoms with E-state index in [2.05, 4.69) is 10.3 Å². The lowest BCUT2D eigenvalue weighted by Crippen LogP contribution is -2.52. The van der Waals surface area contributed by atoms with Crippen molar-refractivity contribution in [2.45, 2.75) is 26.4 Å². The van der Waals surface area contributed by atoms with Crippen LogP contribution in [0.4, 0.5) is 0 Å². The monoisotopic (exact) mass is 316 g/mol. The van der Waals surface area contributed by atoms with E-state index in [1.807, 2.05) is 18.7 Å². The largest absolute Gasteiger partial charge is 0.333 e. The molecule has 1 fully saturated rings. The van der Waals surface area contributed by atoms with Crippen LogP contribution in [-0.2, 0) is 6.54 Å². The molecule has 1 aliphatic heterocycles. The van der Waals surface area contributed by atoms with E-state index in [0.29, 0.717) is 29.7 Å². The molecule has 0 spiro atoms. The number of amides is 1. The fraction of sp³-hybridized carbons (Fsp3) is 0.438. The van der Waals surface area contributed by atoms with Gasteiger partial charge in [0.2, 0.25) is 0 Å². The van der Waals surface area contributed by atoms with Gasteiger partial charge in [-0.05, 0) is 32.0 Å². The predicted octanol–water partition coefficient (Wildman–Crippen LogP) is 0.144. The van der Waals surface area contributed by atoms with Crippen molar-refractivity contribution in [3.05, 3.63) is 44.5 Å². The van der Waals surface area contributed by atoms with Crippen LogP contribution in [-0.4, -0.2) is 46.0 Å². The van der Waals surface area contributed by atoms with Crippen LogP contribution in [0.25, 0.3) is 11.0 Å². The fourth-order valence-corrected chi connectivity index (χ4v) is 3.03. The van der Waals surface area contributed by atoms with Crippen LogP contribution in [0.15, 0.2) is 27.8 Å². The number of aromatic nitrogens is 2. The van der Waals surface area contributed by atoms with E-state index in [1.54, 1.807) is 18.2 Å². The number of nitrogens with zero attached hydrogens (tertiary/aromatic N) is 2. The van der Waals surface area contributed by atoms with Crippen molar-refractivity contribution in [1.29, 1.82) is 0 Å². The molecular formula is C16H20N4O3. The van der Waals surface area contributed by atoms with Crippen LogP contribution in [0.5, 0.6) is 0 Å². The normalized spacial score (nSPS) is 18.3. The molecule has 0 bridgehead atoms. The minimum atomic E-state index is -0.667. The van der Waals surface area contributed by atoms with Crippen molar-refractivity contribution in [2.24, 2.45) is 0 Å². The van der Waals surface area contributed by atoms with Crippen molar-refractivity contribution >= 4 is 16.9 Å². The molecule has 3 rings (SSSR count). The van der Waals surface area contributed by atoms with Gasteiger partial charge >= 0.3 is 11.1 Å². The van der Waals surface area contributed by atoms with Gasteiger partial charge in [-0.1, -0.05) is 0 Å². The number of hydrogen-bond donors (Lipinski definition) is 2. The van der Waals surface area contributed by atoms with E-state index in [4.69, 9.17) is 0 Å². The van der Waals surface area contributed by atoms with E-state index in [0.717, 1.165) is 13.1 Å². The smallest absolute Gasteiger partial charge is 0.316 e. The Labute approximate surface area is 132 Å². The van der Waals surface area contributed by atoms with Gasteiger partial charge in [-0.2, -0.15) is 0 Å². The van der Waals surface area contributed by atoms with E-state index in [-0.39, 0.29) is 11.9 Å². The lowest BCUT2D eigenvalue weighted by atomic mass is 10.1. The summed E-state index contributed by atoms with van der Waals surface area (Å²) in [4.78, 5) is 40.7. The second-order valence-electron chi connectivity index (χ2n) is 5.79. The quantitative estimate of drug-likeness (QED) is 0.772. The van der Waals surface area contributed by atoms with E-state index in [1.165, 1.54) is 4.57 Å². The Morgan fingerprint density at radius 1 is 1.35 bits per heavy atom. The molecule has 2 aromatic rings. The highest BCUT2D eigenvalue weighted by atomic mass is 16.2. The molecule has 7 heteroatoms. The number of benzene rings is 1. The van der Waals surface area contributed by atoms with E-state index < -0.39 is 11.1 Å². The molecule has 1 amide bonds. The standard InChI is InChI=1S/C16H20N4O3/c1-3-19-13-5-4-11(8-12(13)18-14(21)16(19)23)15(22)20-7-6-17-9-10(20)2/h4-5,8,10,17H,3,6-7,9H2,1-2H3,(H,18,21)/t10-/m1/s1. The number of hydrogen-bond acceptors (Lipinski definition) is 4. The number of aromatic amines is 1. The zero-order valence-corrected chi connectivity index (χ0v) is 13.3. The first-order valence-corrected chi connectivity index (χ1v) is 7.81. The SMILES string of the molecule is CCn1c(=O)c(=O)[nH]c2cc(C(=O)N3CCNC[C@H]3C)ccc21. The fourth-order valence-electron chi connectivity index (χ4n) is 3.03.